The van der Waals surface area contributed by atoms with E-state index in [1.54, 1.807) is 6.20 Å². The van der Waals surface area contributed by atoms with Gasteiger partial charge in [-0.1, -0.05) is 0 Å². The van der Waals surface area contributed by atoms with Crippen molar-refractivity contribution in [3.63, 3.8) is 0 Å². The molecule has 3 rings (SSSR count). The smallest absolute Gasteiger partial charge is 0.276 e. The number of anilines is 1. The number of nitrogens with zero attached hydrogens (tertiary/aromatic N) is 5. The first-order valence-electron chi connectivity index (χ1n) is 8.59. The summed E-state index contributed by atoms with van der Waals surface area (Å²) in [6.07, 6.45) is 6.23. The van der Waals surface area contributed by atoms with Gasteiger partial charge in [-0.3, -0.25) is 9.59 Å². The molecule has 3 heterocycles. The lowest BCUT2D eigenvalue weighted by molar-refractivity contribution is -0.104. The Bertz CT molecular complexity index is 679. The topological polar surface area (TPSA) is 69.6 Å². The summed E-state index contributed by atoms with van der Waals surface area (Å²) in [5, 5.41) is 0. The third-order valence-corrected chi connectivity index (χ3v) is 4.65. The average molecular weight is 365 g/mol. The van der Waals surface area contributed by atoms with Crippen LogP contribution in [0.4, 0.5) is 14.6 Å². The van der Waals surface area contributed by atoms with Gasteiger partial charge in [-0.05, 0) is 6.08 Å². The van der Waals surface area contributed by atoms with Gasteiger partial charge in [-0.15, -0.1) is 0 Å². The summed E-state index contributed by atoms with van der Waals surface area (Å²) < 4.78 is 26.7. The van der Waals surface area contributed by atoms with Crippen molar-refractivity contribution in [3.05, 3.63) is 30.4 Å². The number of likely N-dealkylation sites (tertiary alicyclic amines) is 1. The molecule has 9 heteroatoms. The van der Waals surface area contributed by atoms with Crippen molar-refractivity contribution in [3.8, 4) is 0 Å². The van der Waals surface area contributed by atoms with Crippen LogP contribution in [0.15, 0.2) is 24.7 Å². The molecule has 0 saturated carbocycles. The molecule has 0 unspecified atom stereocenters. The van der Waals surface area contributed by atoms with Crippen molar-refractivity contribution in [2.75, 3.05) is 44.2 Å². The molecule has 1 aromatic rings. The Kier molecular flexibility index (Phi) is 5.43. The van der Waals surface area contributed by atoms with Crippen LogP contribution in [0.2, 0.25) is 0 Å². The Balaban J connectivity index is 1.70. The van der Waals surface area contributed by atoms with Crippen molar-refractivity contribution in [1.29, 1.82) is 0 Å². The van der Waals surface area contributed by atoms with Crippen molar-refractivity contribution < 1.29 is 18.4 Å². The molecule has 1 amide bonds. The van der Waals surface area contributed by atoms with Gasteiger partial charge in [-0.2, -0.15) is 0 Å². The molecule has 0 spiro atoms. The van der Waals surface area contributed by atoms with Crippen LogP contribution >= 0.6 is 0 Å². The van der Waals surface area contributed by atoms with Crippen molar-refractivity contribution in [1.82, 2.24) is 19.8 Å². The molecule has 26 heavy (non-hydrogen) atoms. The van der Waals surface area contributed by atoms with E-state index in [4.69, 9.17) is 0 Å². The fraction of sp³-hybridized carbons (Fsp3) is 0.529. The molecular formula is C17H21F2N5O2. The van der Waals surface area contributed by atoms with Crippen LogP contribution < -0.4 is 4.90 Å². The summed E-state index contributed by atoms with van der Waals surface area (Å²) >= 11 is 0. The Morgan fingerprint density at radius 2 is 1.69 bits per heavy atom. The van der Waals surface area contributed by atoms with Crippen LogP contribution in [0.3, 0.4) is 0 Å². The zero-order valence-corrected chi connectivity index (χ0v) is 14.4. The number of halogens is 2. The number of amides is 1. The number of carbonyl (C=O) groups is 2. The van der Waals surface area contributed by atoms with Crippen LogP contribution in [-0.2, 0) is 4.79 Å². The monoisotopic (exact) mass is 365 g/mol. The van der Waals surface area contributed by atoms with Crippen LogP contribution in [0.5, 0.6) is 0 Å². The Hall–Kier alpha value is -2.58. The third kappa shape index (κ3) is 4.14. The largest absolute Gasteiger partial charge is 0.374 e. The maximum absolute atomic E-state index is 13.3. The standard InChI is InChI=1S/C17H21F2N5O2/c18-17(19)2-7-24(8-3-17)16(26)14-15(21-5-4-20-14)23-11-9-22(10-12-23)6-1-13-25/h1,4-6,13H,2-3,7-12H2. The van der Waals surface area contributed by atoms with Gasteiger partial charge in [0, 0.05) is 70.7 Å². The van der Waals surface area contributed by atoms with Gasteiger partial charge in [-0.25, -0.2) is 18.7 Å². The van der Waals surface area contributed by atoms with Crippen molar-refractivity contribution in [2.45, 2.75) is 18.8 Å². The summed E-state index contributed by atoms with van der Waals surface area (Å²) in [4.78, 5) is 37.1. The Morgan fingerprint density at radius 1 is 1.04 bits per heavy atom. The van der Waals surface area contributed by atoms with Crippen LogP contribution in [0, 0.1) is 0 Å². The zero-order valence-electron chi connectivity index (χ0n) is 14.4. The predicted octanol–water partition coefficient (Wildman–Crippen LogP) is 1.18. The lowest BCUT2D eigenvalue weighted by atomic mass is 10.1. The molecular weight excluding hydrogens is 344 g/mol. The first-order valence-corrected chi connectivity index (χ1v) is 8.59. The van der Waals surface area contributed by atoms with Gasteiger partial charge in [0.1, 0.15) is 6.29 Å². The van der Waals surface area contributed by atoms with E-state index in [-0.39, 0.29) is 37.5 Å². The lowest BCUT2D eigenvalue weighted by Crippen LogP contribution is -2.46. The maximum Gasteiger partial charge on any atom is 0.276 e. The highest BCUT2D eigenvalue weighted by atomic mass is 19.3. The molecule has 0 N–H and O–H groups in total. The number of piperidine rings is 1. The Labute approximate surface area is 150 Å². The number of hydrogen-bond donors (Lipinski definition) is 0. The number of piperazine rings is 1. The van der Waals surface area contributed by atoms with Gasteiger partial charge in [0.2, 0.25) is 0 Å². The number of aldehydes is 1. The van der Waals surface area contributed by atoms with E-state index >= 15 is 0 Å². The van der Waals surface area contributed by atoms with Gasteiger partial charge in [0.05, 0.1) is 0 Å². The van der Waals surface area contributed by atoms with Crippen LogP contribution in [0.1, 0.15) is 23.3 Å². The summed E-state index contributed by atoms with van der Waals surface area (Å²) in [5.41, 5.74) is 0.203. The fourth-order valence-electron chi connectivity index (χ4n) is 3.14. The molecule has 0 atom stereocenters. The maximum atomic E-state index is 13.3. The number of carbonyl (C=O) groups excluding carboxylic acids is 2. The fourth-order valence-corrected chi connectivity index (χ4v) is 3.14. The van der Waals surface area contributed by atoms with E-state index in [1.165, 1.54) is 23.4 Å². The predicted molar refractivity (Wildman–Crippen MR) is 91.1 cm³/mol. The number of hydrogen-bond acceptors (Lipinski definition) is 6. The highest BCUT2D eigenvalue weighted by molar-refractivity contribution is 5.97. The second-order valence-electron chi connectivity index (χ2n) is 6.38. The highest BCUT2D eigenvalue weighted by Crippen LogP contribution is 2.29. The van der Waals surface area contributed by atoms with Gasteiger partial charge in [0.25, 0.3) is 11.8 Å². The molecule has 140 valence electrons. The minimum atomic E-state index is -2.70. The number of rotatable bonds is 4. The van der Waals surface area contributed by atoms with E-state index < -0.39 is 5.92 Å². The minimum Gasteiger partial charge on any atom is -0.374 e. The lowest BCUT2D eigenvalue weighted by Gasteiger charge is -2.36. The summed E-state index contributed by atoms with van der Waals surface area (Å²) in [6, 6.07) is 0. The zero-order chi connectivity index (χ0) is 18.6. The third-order valence-electron chi connectivity index (χ3n) is 4.65. The summed E-state index contributed by atoms with van der Waals surface area (Å²) in [5.74, 6) is -2.58. The highest BCUT2D eigenvalue weighted by Gasteiger charge is 2.37. The number of alkyl halides is 2. The normalized spacial score (nSPS) is 20.5. The molecule has 0 aliphatic carbocycles. The van der Waals surface area contributed by atoms with Crippen molar-refractivity contribution >= 4 is 18.0 Å². The Morgan fingerprint density at radius 3 is 2.35 bits per heavy atom. The summed E-state index contributed by atoms with van der Waals surface area (Å²) in [6.45, 7) is 2.66. The van der Waals surface area contributed by atoms with Gasteiger partial charge in [0.15, 0.2) is 11.5 Å². The van der Waals surface area contributed by atoms with E-state index in [2.05, 4.69) is 9.97 Å². The molecule has 2 aliphatic heterocycles. The van der Waals surface area contributed by atoms with E-state index in [0.717, 1.165) is 6.29 Å². The SMILES string of the molecule is O=CC=CN1CCN(c2nccnc2C(=O)N2CCC(F)(F)CC2)CC1. The molecule has 1 aromatic heterocycles. The molecule has 0 aromatic carbocycles. The number of aromatic nitrogens is 2. The first-order chi connectivity index (χ1) is 12.5. The molecule has 2 saturated heterocycles. The van der Waals surface area contributed by atoms with Crippen LogP contribution in [0.25, 0.3) is 0 Å². The average Bonchev–Trinajstić information content (AvgIpc) is 2.66. The quantitative estimate of drug-likeness (QED) is 0.590. The second-order valence-corrected chi connectivity index (χ2v) is 6.38. The first kappa shape index (κ1) is 18.2. The molecule has 7 nitrogen and oxygen atoms in total. The molecule has 2 aliphatic rings. The number of allylic oxidation sites excluding steroid dienone is 1. The van der Waals surface area contributed by atoms with E-state index in [9.17, 15) is 18.4 Å². The molecule has 2 fully saturated rings. The molecule has 0 bridgehead atoms. The van der Waals surface area contributed by atoms with Crippen LogP contribution in [-0.4, -0.2) is 77.2 Å². The van der Waals surface area contributed by atoms with Gasteiger partial charge >= 0.3 is 0 Å². The van der Waals surface area contributed by atoms with E-state index in [0.29, 0.717) is 32.0 Å². The molecule has 0 radical (unpaired) electrons. The minimum absolute atomic E-state index is 0.0200. The van der Waals surface area contributed by atoms with Crippen molar-refractivity contribution in [2.24, 2.45) is 0 Å². The van der Waals surface area contributed by atoms with Gasteiger partial charge < -0.3 is 14.7 Å². The second kappa shape index (κ2) is 7.76. The summed E-state index contributed by atoms with van der Waals surface area (Å²) in [7, 11) is 0. The van der Waals surface area contributed by atoms with E-state index in [1.807, 2.05) is 9.80 Å².